The van der Waals surface area contributed by atoms with Crippen molar-refractivity contribution < 1.29 is 28.5 Å². The molecule has 0 N–H and O–H groups in total. The average molecular weight is 332 g/mol. The number of hydrogen-bond donors (Lipinski definition) is 0. The zero-order chi connectivity index (χ0) is 17.7. The van der Waals surface area contributed by atoms with Gasteiger partial charge in [0.1, 0.15) is 11.5 Å². The summed E-state index contributed by atoms with van der Waals surface area (Å²) < 4.78 is 26.3. The highest BCUT2D eigenvalue weighted by Gasteiger charge is 2.21. The number of rotatable bonds is 7. The van der Waals surface area contributed by atoms with Crippen LogP contribution >= 0.6 is 0 Å². The van der Waals surface area contributed by atoms with E-state index in [4.69, 9.17) is 23.7 Å². The molecule has 2 rings (SSSR count). The van der Waals surface area contributed by atoms with Crippen LogP contribution in [0.4, 0.5) is 0 Å². The Morgan fingerprint density at radius 3 is 1.75 bits per heavy atom. The van der Waals surface area contributed by atoms with E-state index in [-0.39, 0.29) is 5.78 Å². The van der Waals surface area contributed by atoms with Crippen LogP contribution < -0.4 is 23.7 Å². The molecule has 0 radical (unpaired) electrons. The van der Waals surface area contributed by atoms with Gasteiger partial charge in [-0.25, -0.2) is 0 Å². The Balaban J connectivity index is 2.58. The first-order valence-electron chi connectivity index (χ1n) is 7.16. The SMILES string of the molecule is COc1ccc(OC)c(C(=O)c2cc(OC)c(OC)c(OC)c2)c1. The van der Waals surface area contributed by atoms with E-state index in [1.165, 1.54) is 35.5 Å². The molecule has 6 nitrogen and oxygen atoms in total. The van der Waals surface area contributed by atoms with Gasteiger partial charge in [0.25, 0.3) is 0 Å². The number of ether oxygens (including phenoxy) is 5. The lowest BCUT2D eigenvalue weighted by molar-refractivity contribution is 0.103. The van der Waals surface area contributed by atoms with Gasteiger partial charge in [0.15, 0.2) is 17.3 Å². The summed E-state index contributed by atoms with van der Waals surface area (Å²) in [5, 5.41) is 0. The quantitative estimate of drug-likeness (QED) is 0.727. The van der Waals surface area contributed by atoms with Gasteiger partial charge in [-0.05, 0) is 30.3 Å². The van der Waals surface area contributed by atoms with Crippen LogP contribution in [0.1, 0.15) is 15.9 Å². The third kappa shape index (κ3) is 3.22. The zero-order valence-corrected chi connectivity index (χ0v) is 14.3. The molecule has 0 saturated heterocycles. The summed E-state index contributed by atoms with van der Waals surface area (Å²) >= 11 is 0. The fraction of sp³-hybridized carbons (Fsp3) is 0.278. The van der Waals surface area contributed by atoms with Crippen LogP contribution in [0.5, 0.6) is 28.7 Å². The lowest BCUT2D eigenvalue weighted by Crippen LogP contribution is -2.06. The molecule has 0 spiro atoms. The highest BCUT2D eigenvalue weighted by atomic mass is 16.5. The van der Waals surface area contributed by atoms with Crippen molar-refractivity contribution in [3.8, 4) is 28.7 Å². The Bertz CT molecular complexity index is 713. The first-order chi connectivity index (χ1) is 11.6. The van der Waals surface area contributed by atoms with Gasteiger partial charge < -0.3 is 23.7 Å². The van der Waals surface area contributed by atoms with Crippen LogP contribution in [-0.2, 0) is 0 Å². The molecule has 0 heterocycles. The number of carbonyl (C=O) groups excluding carboxylic acids is 1. The predicted octanol–water partition coefficient (Wildman–Crippen LogP) is 2.96. The third-order valence-corrected chi connectivity index (χ3v) is 3.58. The van der Waals surface area contributed by atoms with Gasteiger partial charge >= 0.3 is 0 Å². The van der Waals surface area contributed by atoms with Gasteiger partial charge in [-0.15, -0.1) is 0 Å². The van der Waals surface area contributed by atoms with Crippen molar-refractivity contribution >= 4 is 5.78 Å². The molecule has 0 atom stereocenters. The molecule has 2 aromatic carbocycles. The average Bonchev–Trinajstić information content (AvgIpc) is 2.65. The molecular weight excluding hydrogens is 312 g/mol. The molecule has 0 saturated carbocycles. The van der Waals surface area contributed by atoms with E-state index in [2.05, 4.69) is 0 Å². The van der Waals surface area contributed by atoms with E-state index in [0.29, 0.717) is 39.9 Å². The summed E-state index contributed by atoms with van der Waals surface area (Å²) in [6, 6.07) is 8.24. The van der Waals surface area contributed by atoms with Crippen molar-refractivity contribution in [1.82, 2.24) is 0 Å². The van der Waals surface area contributed by atoms with Crippen LogP contribution in [0.2, 0.25) is 0 Å². The van der Waals surface area contributed by atoms with Gasteiger partial charge in [0.2, 0.25) is 5.75 Å². The highest BCUT2D eigenvalue weighted by Crippen LogP contribution is 2.39. The molecule has 0 fully saturated rings. The van der Waals surface area contributed by atoms with Crippen molar-refractivity contribution in [3.05, 3.63) is 41.5 Å². The highest BCUT2D eigenvalue weighted by molar-refractivity contribution is 6.11. The Kier molecular flexibility index (Phi) is 5.52. The molecule has 128 valence electrons. The molecule has 0 amide bonds. The first kappa shape index (κ1) is 17.5. The molecule has 0 aliphatic carbocycles. The van der Waals surface area contributed by atoms with Gasteiger partial charge in [-0.2, -0.15) is 0 Å². The topological polar surface area (TPSA) is 63.2 Å². The lowest BCUT2D eigenvalue weighted by Gasteiger charge is -2.15. The zero-order valence-electron chi connectivity index (χ0n) is 14.3. The van der Waals surface area contributed by atoms with Crippen LogP contribution in [0.3, 0.4) is 0 Å². The molecule has 0 bridgehead atoms. The van der Waals surface area contributed by atoms with Gasteiger partial charge in [0.05, 0.1) is 41.1 Å². The van der Waals surface area contributed by atoms with Gasteiger partial charge in [0, 0.05) is 5.56 Å². The van der Waals surface area contributed by atoms with Crippen molar-refractivity contribution in [3.63, 3.8) is 0 Å². The number of methoxy groups -OCH3 is 5. The van der Waals surface area contributed by atoms with Crippen molar-refractivity contribution in [2.24, 2.45) is 0 Å². The summed E-state index contributed by atoms with van der Waals surface area (Å²) in [6.45, 7) is 0. The van der Waals surface area contributed by atoms with Crippen molar-refractivity contribution in [2.75, 3.05) is 35.5 Å². The van der Waals surface area contributed by atoms with E-state index in [1.807, 2.05) is 0 Å². The smallest absolute Gasteiger partial charge is 0.203 e. The van der Waals surface area contributed by atoms with Crippen molar-refractivity contribution in [1.29, 1.82) is 0 Å². The van der Waals surface area contributed by atoms with Crippen LogP contribution in [0, 0.1) is 0 Å². The normalized spacial score (nSPS) is 10.0. The molecule has 0 unspecified atom stereocenters. The molecule has 24 heavy (non-hydrogen) atoms. The first-order valence-corrected chi connectivity index (χ1v) is 7.16. The lowest BCUT2D eigenvalue weighted by atomic mass is 10.0. The summed E-state index contributed by atoms with van der Waals surface area (Å²) in [5.74, 6) is 2.00. The Morgan fingerprint density at radius 2 is 1.29 bits per heavy atom. The predicted molar refractivity (Wildman–Crippen MR) is 89.1 cm³/mol. The van der Waals surface area contributed by atoms with E-state index in [1.54, 1.807) is 30.3 Å². The monoisotopic (exact) mass is 332 g/mol. The number of hydrogen-bond acceptors (Lipinski definition) is 6. The fourth-order valence-corrected chi connectivity index (χ4v) is 2.36. The van der Waals surface area contributed by atoms with E-state index in [9.17, 15) is 4.79 Å². The summed E-state index contributed by atoms with van der Waals surface area (Å²) in [4.78, 5) is 12.9. The second-order valence-corrected chi connectivity index (χ2v) is 4.81. The van der Waals surface area contributed by atoms with E-state index >= 15 is 0 Å². The Labute approximate surface area is 140 Å². The number of benzene rings is 2. The molecule has 0 aliphatic heterocycles. The van der Waals surface area contributed by atoms with Crippen LogP contribution in [-0.4, -0.2) is 41.3 Å². The fourth-order valence-electron chi connectivity index (χ4n) is 2.36. The largest absolute Gasteiger partial charge is 0.497 e. The summed E-state index contributed by atoms with van der Waals surface area (Å²) in [6.07, 6.45) is 0. The molecule has 0 aliphatic rings. The minimum absolute atomic E-state index is 0.245. The third-order valence-electron chi connectivity index (χ3n) is 3.58. The standard InChI is InChI=1S/C18H20O6/c1-20-12-6-7-14(21-2)13(10-12)17(19)11-8-15(22-3)18(24-5)16(9-11)23-4/h6-10H,1-5H3. The minimum atomic E-state index is -0.245. The summed E-state index contributed by atoms with van der Waals surface area (Å²) in [7, 11) is 7.55. The van der Waals surface area contributed by atoms with E-state index in [0.717, 1.165) is 0 Å². The Hall–Kier alpha value is -2.89. The minimum Gasteiger partial charge on any atom is -0.497 e. The molecular formula is C18H20O6. The molecule has 0 aromatic heterocycles. The van der Waals surface area contributed by atoms with Gasteiger partial charge in [-0.3, -0.25) is 4.79 Å². The second kappa shape index (κ2) is 7.59. The molecule has 6 heteroatoms. The maximum absolute atomic E-state index is 12.9. The maximum Gasteiger partial charge on any atom is 0.203 e. The van der Waals surface area contributed by atoms with Crippen LogP contribution in [0.15, 0.2) is 30.3 Å². The van der Waals surface area contributed by atoms with E-state index < -0.39 is 0 Å². The van der Waals surface area contributed by atoms with Gasteiger partial charge in [-0.1, -0.05) is 0 Å². The van der Waals surface area contributed by atoms with Crippen LogP contribution in [0.25, 0.3) is 0 Å². The Morgan fingerprint density at radius 1 is 0.708 bits per heavy atom. The summed E-state index contributed by atoms with van der Waals surface area (Å²) in [5.41, 5.74) is 0.766. The number of carbonyl (C=O) groups is 1. The second-order valence-electron chi connectivity index (χ2n) is 4.81. The maximum atomic E-state index is 12.9. The molecule has 2 aromatic rings. The number of ketones is 1. The van der Waals surface area contributed by atoms with Crippen molar-refractivity contribution in [2.45, 2.75) is 0 Å².